The maximum absolute atomic E-state index is 11.7. The van der Waals surface area contributed by atoms with Crippen LogP contribution in [0, 0.1) is 0 Å². The van der Waals surface area contributed by atoms with Crippen molar-refractivity contribution in [3.8, 4) is 5.75 Å². The van der Waals surface area contributed by atoms with Gasteiger partial charge in [-0.25, -0.2) is 0 Å². The predicted molar refractivity (Wildman–Crippen MR) is 45.8 cm³/mol. The predicted octanol–water partition coefficient (Wildman–Crippen LogP) is 2.32. The highest BCUT2D eigenvalue weighted by Crippen LogP contribution is 2.23. The summed E-state index contributed by atoms with van der Waals surface area (Å²) in [4.78, 5) is 9.92. The van der Waals surface area contributed by atoms with Crippen LogP contribution in [0.5, 0.6) is 5.75 Å². The van der Waals surface area contributed by atoms with Crippen molar-refractivity contribution in [1.29, 1.82) is 0 Å². The summed E-state index contributed by atoms with van der Waals surface area (Å²) in [5.74, 6) is 0.462. The van der Waals surface area contributed by atoms with Gasteiger partial charge in [0.15, 0.2) is 6.61 Å². The zero-order valence-electron chi connectivity index (χ0n) is 6.09. The Morgan fingerprint density at radius 3 is 2.75 bits per heavy atom. The molecule has 2 nitrogen and oxygen atoms in total. The van der Waals surface area contributed by atoms with E-state index in [2.05, 4.69) is 15.9 Å². The van der Waals surface area contributed by atoms with Crippen molar-refractivity contribution in [2.45, 2.75) is 0 Å². The average Bonchev–Trinajstić information content (AvgIpc) is 2.03. The molecule has 0 aliphatic carbocycles. The Morgan fingerprint density at radius 2 is 2.17 bits per heavy atom. The van der Waals surface area contributed by atoms with Crippen LogP contribution in [-0.4, -0.2) is 12.6 Å². The third-order valence-corrected chi connectivity index (χ3v) is 1.83. The minimum absolute atomic E-state index is 0.462. The lowest BCUT2D eigenvalue weighted by atomic mass is 10.3. The molecule has 0 bridgehead atoms. The molecule has 64 valence electrons. The van der Waals surface area contributed by atoms with Gasteiger partial charge in [0, 0.05) is 0 Å². The summed E-state index contributed by atoms with van der Waals surface area (Å²) in [5.41, 5.74) is 0. The molecule has 0 spiro atoms. The Kier molecular flexibility index (Phi) is 3.22. The molecule has 0 radical (unpaired) electrons. The Labute approximate surface area is 77.5 Å². The molecular formula is C8H6BrFO2. The Bertz CT molecular complexity index is 288. The number of ether oxygens (including phenoxy) is 1. The molecular weight excluding hydrogens is 227 g/mol. The van der Waals surface area contributed by atoms with Crippen molar-refractivity contribution in [2.24, 2.45) is 0 Å². The van der Waals surface area contributed by atoms with E-state index < -0.39 is 12.6 Å². The lowest BCUT2D eigenvalue weighted by molar-refractivity contribution is -0.131. The van der Waals surface area contributed by atoms with E-state index in [1.807, 2.05) is 0 Å². The molecule has 0 aromatic heterocycles. The molecule has 12 heavy (non-hydrogen) atoms. The van der Waals surface area contributed by atoms with Crippen LogP contribution in [0.4, 0.5) is 4.39 Å². The molecule has 0 fully saturated rings. The first-order valence-corrected chi connectivity index (χ1v) is 4.05. The number of hydrogen-bond acceptors (Lipinski definition) is 2. The topological polar surface area (TPSA) is 26.3 Å². The summed E-state index contributed by atoms with van der Waals surface area (Å²) in [5, 5.41) is 0. The minimum atomic E-state index is -1.48. The second kappa shape index (κ2) is 4.21. The fourth-order valence-electron chi connectivity index (χ4n) is 0.696. The molecule has 1 rings (SSSR count). The average molecular weight is 233 g/mol. The second-order valence-electron chi connectivity index (χ2n) is 2.07. The van der Waals surface area contributed by atoms with Gasteiger partial charge in [0.05, 0.1) is 4.47 Å². The lowest BCUT2D eigenvalue weighted by Gasteiger charge is -2.03. The smallest absolute Gasteiger partial charge is 0.338 e. The highest BCUT2D eigenvalue weighted by atomic mass is 79.9. The van der Waals surface area contributed by atoms with E-state index in [9.17, 15) is 9.18 Å². The highest BCUT2D eigenvalue weighted by molar-refractivity contribution is 9.10. The largest absolute Gasteiger partial charge is 0.482 e. The van der Waals surface area contributed by atoms with Crippen LogP contribution in [-0.2, 0) is 4.79 Å². The molecule has 0 saturated carbocycles. The number of carbonyl (C=O) groups is 1. The third kappa shape index (κ3) is 2.62. The molecule has 0 aliphatic rings. The van der Waals surface area contributed by atoms with Crippen LogP contribution in [0.15, 0.2) is 28.7 Å². The zero-order valence-corrected chi connectivity index (χ0v) is 7.67. The summed E-state index contributed by atoms with van der Waals surface area (Å²) >= 11 is 3.19. The van der Waals surface area contributed by atoms with E-state index in [0.29, 0.717) is 10.2 Å². The van der Waals surface area contributed by atoms with E-state index in [1.165, 1.54) is 0 Å². The van der Waals surface area contributed by atoms with Gasteiger partial charge in [0.2, 0.25) is 0 Å². The molecule has 1 aromatic rings. The maximum atomic E-state index is 11.7. The monoisotopic (exact) mass is 232 g/mol. The molecule has 0 aliphatic heterocycles. The summed E-state index contributed by atoms with van der Waals surface area (Å²) in [6.07, 6.45) is 0. The van der Waals surface area contributed by atoms with Gasteiger partial charge in [-0.3, -0.25) is 4.79 Å². The van der Waals surface area contributed by atoms with Crippen LogP contribution in [0.3, 0.4) is 0 Å². The fraction of sp³-hybridized carbons (Fsp3) is 0.125. The van der Waals surface area contributed by atoms with E-state index in [4.69, 9.17) is 4.74 Å². The maximum Gasteiger partial charge on any atom is 0.338 e. The number of rotatable bonds is 3. The summed E-state index contributed by atoms with van der Waals surface area (Å²) in [7, 11) is 0. The van der Waals surface area contributed by atoms with Crippen molar-refractivity contribution < 1.29 is 13.9 Å². The van der Waals surface area contributed by atoms with Crippen molar-refractivity contribution in [3.05, 3.63) is 28.7 Å². The normalized spacial score (nSPS) is 9.50. The molecule has 0 amide bonds. The lowest BCUT2D eigenvalue weighted by Crippen LogP contribution is -2.05. The molecule has 4 heteroatoms. The van der Waals surface area contributed by atoms with Gasteiger partial charge in [-0.1, -0.05) is 12.1 Å². The molecule has 0 N–H and O–H groups in total. The summed E-state index contributed by atoms with van der Waals surface area (Å²) in [6, 6.07) is 5.45. The van der Waals surface area contributed by atoms with E-state index in [-0.39, 0.29) is 0 Å². The van der Waals surface area contributed by atoms with Crippen molar-refractivity contribution in [3.63, 3.8) is 0 Å². The van der Waals surface area contributed by atoms with E-state index in [1.54, 1.807) is 24.3 Å². The number of halogens is 2. The molecule has 0 heterocycles. The van der Waals surface area contributed by atoms with Gasteiger partial charge in [0.25, 0.3) is 0 Å². The first-order valence-electron chi connectivity index (χ1n) is 3.26. The fourth-order valence-corrected chi connectivity index (χ4v) is 1.10. The Hall–Kier alpha value is -0.900. The molecule has 0 atom stereocenters. The van der Waals surface area contributed by atoms with Crippen LogP contribution in [0.25, 0.3) is 0 Å². The van der Waals surface area contributed by atoms with Gasteiger partial charge in [-0.05, 0) is 28.1 Å². The summed E-state index contributed by atoms with van der Waals surface area (Å²) < 4.78 is 17.3. The Morgan fingerprint density at radius 1 is 1.50 bits per heavy atom. The number of para-hydroxylation sites is 1. The zero-order chi connectivity index (χ0) is 8.97. The van der Waals surface area contributed by atoms with Crippen LogP contribution in [0.1, 0.15) is 0 Å². The molecule has 1 aromatic carbocycles. The summed E-state index contributed by atoms with van der Waals surface area (Å²) in [6.45, 7) is -0.539. The van der Waals surface area contributed by atoms with Crippen LogP contribution >= 0.6 is 15.9 Å². The van der Waals surface area contributed by atoms with Crippen molar-refractivity contribution in [1.82, 2.24) is 0 Å². The number of benzene rings is 1. The van der Waals surface area contributed by atoms with Crippen LogP contribution < -0.4 is 4.74 Å². The van der Waals surface area contributed by atoms with Crippen molar-refractivity contribution >= 4 is 22.0 Å². The first-order chi connectivity index (χ1) is 5.70. The quantitative estimate of drug-likeness (QED) is 0.749. The number of carbonyl (C=O) groups excluding carboxylic acids is 1. The Balaban J connectivity index is 2.63. The van der Waals surface area contributed by atoms with Crippen LogP contribution in [0.2, 0.25) is 0 Å². The van der Waals surface area contributed by atoms with E-state index in [0.717, 1.165) is 0 Å². The number of hydrogen-bond donors (Lipinski definition) is 0. The third-order valence-electron chi connectivity index (χ3n) is 1.18. The molecule has 0 unspecified atom stereocenters. The van der Waals surface area contributed by atoms with Gasteiger partial charge in [-0.15, -0.1) is 0 Å². The first kappa shape index (κ1) is 9.19. The van der Waals surface area contributed by atoms with Crippen molar-refractivity contribution in [2.75, 3.05) is 6.61 Å². The minimum Gasteiger partial charge on any atom is -0.482 e. The van der Waals surface area contributed by atoms with Gasteiger partial charge in [0.1, 0.15) is 5.75 Å². The second-order valence-corrected chi connectivity index (χ2v) is 2.93. The highest BCUT2D eigenvalue weighted by Gasteiger charge is 2.02. The van der Waals surface area contributed by atoms with Gasteiger partial charge < -0.3 is 4.74 Å². The standard InChI is InChI=1S/C8H6BrFO2/c9-6-3-1-2-4-7(6)12-5-8(10)11/h1-4H,5H2. The van der Waals surface area contributed by atoms with Gasteiger partial charge >= 0.3 is 6.04 Å². The van der Waals surface area contributed by atoms with E-state index >= 15 is 0 Å². The SMILES string of the molecule is O=C(F)COc1ccccc1Br. The molecule has 0 saturated heterocycles. The van der Waals surface area contributed by atoms with Gasteiger partial charge in [-0.2, -0.15) is 4.39 Å².